The van der Waals surface area contributed by atoms with Crippen LogP contribution in [0.3, 0.4) is 0 Å². The number of carbonyl (C=O) groups excluding carboxylic acids is 1. The normalized spacial score (nSPS) is 13.4. The molecule has 4 N–H and O–H groups in total. The zero-order valence-electron chi connectivity index (χ0n) is 39.5. The van der Waals surface area contributed by atoms with Gasteiger partial charge in [-0.2, -0.15) is 0 Å². The number of amides is 1. The predicted octanol–water partition coefficient (Wildman–Crippen LogP) is 15.9. The van der Waals surface area contributed by atoms with E-state index in [0.717, 1.165) is 32.1 Å². The second-order valence-corrected chi connectivity index (χ2v) is 18.5. The van der Waals surface area contributed by atoms with Crippen LogP contribution in [0.1, 0.15) is 296 Å². The molecule has 0 aromatic heterocycles. The van der Waals surface area contributed by atoms with E-state index in [4.69, 9.17) is 0 Å². The van der Waals surface area contributed by atoms with Gasteiger partial charge in [0.25, 0.3) is 0 Å². The first-order valence-electron chi connectivity index (χ1n) is 26.5. The summed E-state index contributed by atoms with van der Waals surface area (Å²) in [7, 11) is 0. The molecule has 0 heterocycles. The Morgan fingerprint density at radius 3 is 0.948 bits per heavy atom. The zero-order chi connectivity index (χ0) is 42.3. The van der Waals surface area contributed by atoms with Crippen molar-refractivity contribution in [3.05, 3.63) is 12.2 Å². The number of hydrogen-bond donors (Lipinski definition) is 4. The van der Waals surface area contributed by atoms with Gasteiger partial charge in [-0.05, 0) is 19.3 Å². The van der Waals surface area contributed by atoms with Crippen LogP contribution in [-0.4, -0.2) is 46.1 Å². The third-order valence-corrected chi connectivity index (χ3v) is 12.6. The lowest BCUT2D eigenvalue weighted by atomic mass is 10.0. The van der Waals surface area contributed by atoms with E-state index in [2.05, 4.69) is 19.2 Å². The number of aliphatic hydroxyl groups excluding tert-OH is 3. The maximum Gasteiger partial charge on any atom is 0.249 e. The quantitative estimate of drug-likeness (QED) is 0.0364. The van der Waals surface area contributed by atoms with Crippen LogP contribution in [0.15, 0.2) is 12.2 Å². The topological polar surface area (TPSA) is 89.8 Å². The van der Waals surface area contributed by atoms with Crippen LogP contribution in [0, 0.1) is 0 Å². The summed E-state index contributed by atoms with van der Waals surface area (Å²) in [4.78, 5) is 12.5. The highest BCUT2D eigenvalue weighted by atomic mass is 16.3. The molecule has 0 rings (SSSR count). The highest BCUT2D eigenvalue weighted by molar-refractivity contribution is 5.80. The molecule has 0 saturated carbocycles. The average molecular weight is 820 g/mol. The summed E-state index contributed by atoms with van der Waals surface area (Å²) in [6.45, 7) is 4.22. The van der Waals surface area contributed by atoms with Crippen molar-refractivity contribution in [3.63, 3.8) is 0 Å². The molecule has 0 fully saturated rings. The van der Waals surface area contributed by atoms with Crippen molar-refractivity contribution >= 4 is 5.91 Å². The SMILES string of the molecule is CCCCCCCCCCCCCCCCCCC/C=C/C(O)C(CO)NC(=O)C(O)CCCCCCCCCCCCCCCCCCCCCCCCCCC. The van der Waals surface area contributed by atoms with Gasteiger partial charge >= 0.3 is 0 Å². The Kier molecular flexibility index (Phi) is 48.0. The van der Waals surface area contributed by atoms with Crippen LogP contribution in [0.25, 0.3) is 0 Å². The van der Waals surface area contributed by atoms with Crippen LogP contribution in [0.4, 0.5) is 0 Å². The van der Waals surface area contributed by atoms with Gasteiger partial charge in [-0.1, -0.05) is 289 Å². The fraction of sp³-hybridized carbons (Fsp3) is 0.943. The minimum atomic E-state index is -1.09. The molecule has 0 aliphatic heterocycles. The van der Waals surface area contributed by atoms with E-state index in [1.807, 2.05) is 6.08 Å². The molecule has 0 aromatic carbocycles. The molecular formula is C53H105NO4. The summed E-state index contributed by atoms with van der Waals surface area (Å²) in [5.74, 6) is -0.496. The first-order valence-corrected chi connectivity index (χ1v) is 26.5. The van der Waals surface area contributed by atoms with Gasteiger partial charge in [0.05, 0.1) is 18.8 Å². The molecule has 5 heteroatoms. The van der Waals surface area contributed by atoms with E-state index in [1.54, 1.807) is 6.08 Å². The molecule has 0 aliphatic rings. The number of nitrogens with one attached hydrogen (secondary N) is 1. The van der Waals surface area contributed by atoms with Crippen molar-refractivity contribution in [2.75, 3.05) is 6.61 Å². The molecule has 0 aliphatic carbocycles. The molecule has 3 unspecified atom stereocenters. The minimum Gasteiger partial charge on any atom is -0.394 e. The first-order chi connectivity index (χ1) is 28.6. The van der Waals surface area contributed by atoms with Gasteiger partial charge < -0.3 is 20.6 Å². The molecule has 0 spiro atoms. The maximum absolute atomic E-state index is 12.5. The van der Waals surface area contributed by atoms with Crippen molar-refractivity contribution in [3.8, 4) is 0 Å². The standard InChI is InChI=1S/C53H105NO4/c1-3-5-7-9-11-13-15-17-19-21-23-24-25-26-27-28-30-32-34-36-38-40-42-44-46-48-52(57)53(58)54-50(49-55)51(56)47-45-43-41-39-37-35-33-31-29-22-20-18-16-14-12-10-8-6-4-2/h45,47,50-52,55-57H,3-44,46,48-49H2,1-2H3,(H,54,58)/b47-45+. The smallest absolute Gasteiger partial charge is 0.249 e. The summed E-state index contributed by atoms with van der Waals surface area (Å²) in [6, 6.07) is -0.794. The van der Waals surface area contributed by atoms with Crippen LogP contribution in [0.2, 0.25) is 0 Å². The molecule has 1 amide bonds. The third-order valence-electron chi connectivity index (χ3n) is 12.6. The Balaban J connectivity index is 3.55. The molecule has 0 aromatic rings. The second-order valence-electron chi connectivity index (χ2n) is 18.5. The lowest BCUT2D eigenvalue weighted by Crippen LogP contribution is -2.48. The molecular weight excluding hydrogens is 715 g/mol. The zero-order valence-corrected chi connectivity index (χ0v) is 39.5. The van der Waals surface area contributed by atoms with Gasteiger partial charge in [0.1, 0.15) is 6.10 Å². The monoisotopic (exact) mass is 820 g/mol. The third kappa shape index (κ3) is 43.2. The van der Waals surface area contributed by atoms with Crippen molar-refractivity contribution in [2.24, 2.45) is 0 Å². The highest BCUT2D eigenvalue weighted by Crippen LogP contribution is 2.18. The lowest BCUT2D eigenvalue weighted by molar-refractivity contribution is -0.131. The van der Waals surface area contributed by atoms with E-state index >= 15 is 0 Å². The molecule has 346 valence electrons. The minimum absolute atomic E-state index is 0.359. The van der Waals surface area contributed by atoms with E-state index in [9.17, 15) is 20.1 Å². The van der Waals surface area contributed by atoms with Gasteiger partial charge in [-0.25, -0.2) is 0 Å². The van der Waals surface area contributed by atoms with Gasteiger partial charge in [-0.3, -0.25) is 4.79 Å². The van der Waals surface area contributed by atoms with Crippen molar-refractivity contribution in [2.45, 2.75) is 315 Å². The molecule has 0 saturated heterocycles. The maximum atomic E-state index is 12.5. The first kappa shape index (κ1) is 57.1. The largest absolute Gasteiger partial charge is 0.394 e. The van der Waals surface area contributed by atoms with E-state index in [-0.39, 0.29) is 6.61 Å². The summed E-state index contributed by atoms with van der Waals surface area (Å²) >= 11 is 0. The summed E-state index contributed by atoms with van der Waals surface area (Å²) in [5.41, 5.74) is 0. The Labute approximate surface area is 363 Å². The Morgan fingerprint density at radius 1 is 0.414 bits per heavy atom. The molecule has 0 radical (unpaired) electrons. The van der Waals surface area contributed by atoms with Crippen LogP contribution in [-0.2, 0) is 4.79 Å². The number of hydrogen-bond acceptors (Lipinski definition) is 4. The number of allylic oxidation sites excluding steroid dienone is 1. The number of carbonyl (C=O) groups is 1. The Hall–Kier alpha value is -0.910. The molecule has 5 nitrogen and oxygen atoms in total. The van der Waals surface area contributed by atoms with Crippen molar-refractivity contribution in [1.29, 1.82) is 0 Å². The second kappa shape index (κ2) is 48.8. The molecule has 3 atom stereocenters. The molecule has 0 bridgehead atoms. The lowest BCUT2D eigenvalue weighted by Gasteiger charge is -2.21. The number of unbranched alkanes of at least 4 members (excludes halogenated alkanes) is 41. The summed E-state index contributed by atoms with van der Waals surface area (Å²) < 4.78 is 0. The van der Waals surface area contributed by atoms with Gasteiger partial charge in [0, 0.05) is 0 Å². The number of aliphatic hydroxyl groups is 3. The Bertz CT molecular complexity index is 818. The van der Waals surface area contributed by atoms with Gasteiger partial charge in [-0.15, -0.1) is 0 Å². The van der Waals surface area contributed by atoms with Crippen LogP contribution < -0.4 is 5.32 Å². The predicted molar refractivity (Wildman–Crippen MR) is 255 cm³/mol. The van der Waals surface area contributed by atoms with Gasteiger partial charge in [0.15, 0.2) is 0 Å². The van der Waals surface area contributed by atoms with E-state index in [0.29, 0.717) is 6.42 Å². The van der Waals surface area contributed by atoms with Crippen LogP contribution in [0.5, 0.6) is 0 Å². The van der Waals surface area contributed by atoms with Crippen molar-refractivity contribution in [1.82, 2.24) is 5.32 Å². The average Bonchev–Trinajstić information content (AvgIpc) is 3.23. The van der Waals surface area contributed by atoms with E-state index in [1.165, 1.54) is 244 Å². The van der Waals surface area contributed by atoms with Gasteiger partial charge in [0.2, 0.25) is 5.91 Å². The molecule has 58 heavy (non-hydrogen) atoms. The van der Waals surface area contributed by atoms with E-state index < -0.39 is 24.2 Å². The summed E-state index contributed by atoms with van der Waals surface area (Å²) in [5, 5.41) is 33.3. The fourth-order valence-electron chi connectivity index (χ4n) is 8.48. The fourth-order valence-corrected chi connectivity index (χ4v) is 8.48. The Morgan fingerprint density at radius 2 is 0.672 bits per heavy atom. The highest BCUT2D eigenvalue weighted by Gasteiger charge is 2.22. The summed E-state index contributed by atoms with van der Waals surface area (Å²) in [6.07, 6.45) is 59.9. The number of rotatable bonds is 49. The van der Waals surface area contributed by atoms with Crippen molar-refractivity contribution < 1.29 is 20.1 Å². The van der Waals surface area contributed by atoms with Crippen LogP contribution >= 0.6 is 0 Å².